The molecule has 3 unspecified atom stereocenters. The molecule has 31 heavy (non-hydrogen) atoms. The predicted molar refractivity (Wildman–Crippen MR) is 108 cm³/mol. The Morgan fingerprint density at radius 2 is 2.13 bits per heavy atom. The van der Waals surface area contributed by atoms with Crippen molar-refractivity contribution < 1.29 is 37.4 Å². The zero-order valence-electron chi connectivity index (χ0n) is 17.5. The van der Waals surface area contributed by atoms with Gasteiger partial charge in [0.25, 0.3) is 0 Å². The summed E-state index contributed by atoms with van der Waals surface area (Å²) in [7, 11) is -4.24. The average molecular weight is 461 g/mol. The van der Waals surface area contributed by atoms with Gasteiger partial charge in [-0.25, -0.2) is 8.42 Å². The van der Waals surface area contributed by atoms with Gasteiger partial charge in [-0.1, -0.05) is 0 Å². The molecule has 1 aromatic rings. The van der Waals surface area contributed by atoms with Gasteiger partial charge in [-0.3, -0.25) is 10.1 Å². The van der Waals surface area contributed by atoms with Crippen molar-refractivity contribution in [1.82, 2.24) is 4.72 Å². The minimum absolute atomic E-state index is 0.0159. The monoisotopic (exact) mass is 460 g/mol. The van der Waals surface area contributed by atoms with Crippen LogP contribution in [0, 0.1) is 16.0 Å². The second-order valence-electron chi connectivity index (χ2n) is 8.21. The predicted octanol–water partition coefficient (Wildman–Crippen LogP) is 1.19. The smallest absolute Gasteiger partial charge is 0.312 e. The van der Waals surface area contributed by atoms with Crippen molar-refractivity contribution in [3.05, 3.63) is 28.3 Å². The fourth-order valence-electron chi connectivity index (χ4n) is 3.63. The first-order valence-electron chi connectivity index (χ1n) is 10.0. The van der Waals surface area contributed by atoms with Gasteiger partial charge in [-0.2, -0.15) is 4.72 Å². The van der Waals surface area contributed by atoms with E-state index in [0.717, 1.165) is 18.9 Å². The van der Waals surface area contributed by atoms with Crippen LogP contribution < -0.4 is 9.46 Å². The van der Waals surface area contributed by atoms with Gasteiger partial charge in [0.15, 0.2) is 5.75 Å². The van der Waals surface area contributed by atoms with Gasteiger partial charge in [0.1, 0.15) is 12.3 Å². The van der Waals surface area contributed by atoms with Gasteiger partial charge < -0.3 is 24.1 Å². The van der Waals surface area contributed by atoms with Gasteiger partial charge in [-0.05, 0) is 44.7 Å². The molecule has 0 aromatic heterocycles. The minimum atomic E-state index is -4.24. The van der Waals surface area contributed by atoms with Crippen molar-refractivity contribution in [2.75, 3.05) is 33.0 Å². The molecule has 2 aliphatic rings. The summed E-state index contributed by atoms with van der Waals surface area (Å²) in [5, 5.41) is 21.6. The number of hydrogen-bond acceptors (Lipinski definition) is 9. The normalized spacial score (nSPS) is 25.0. The molecule has 0 aliphatic carbocycles. The maximum absolute atomic E-state index is 12.6. The number of hydrogen-bond donors (Lipinski definition) is 2. The van der Waals surface area contributed by atoms with E-state index in [-0.39, 0.29) is 42.0 Å². The van der Waals surface area contributed by atoms with Crippen LogP contribution in [0.1, 0.15) is 26.7 Å². The van der Waals surface area contributed by atoms with Gasteiger partial charge in [0, 0.05) is 12.7 Å². The Kier molecular flexibility index (Phi) is 7.50. The zero-order valence-corrected chi connectivity index (χ0v) is 18.3. The third-order valence-corrected chi connectivity index (χ3v) is 6.61. The highest BCUT2D eigenvalue weighted by Crippen LogP contribution is 2.33. The van der Waals surface area contributed by atoms with Crippen LogP contribution in [-0.2, 0) is 24.2 Å². The first kappa shape index (κ1) is 23.8. The van der Waals surface area contributed by atoms with E-state index in [2.05, 4.69) is 4.72 Å². The third-order valence-electron chi connectivity index (χ3n) is 5.18. The Morgan fingerprint density at radius 3 is 2.77 bits per heavy atom. The number of sulfonamides is 1. The lowest BCUT2D eigenvalue weighted by molar-refractivity contribution is -0.386. The molecule has 2 heterocycles. The molecule has 2 N–H and O–H groups in total. The SMILES string of the molecule is CC1(C)CC(COc2ccc(S(=O)(=O)NC(O)C3COCCO3)cc2[N+](=O)[O-])CCO1. The zero-order chi connectivity index (χ0) is 22.6. The number of aliphatic hydroxyl groups excluding tert-OH is 1. The lowest BCUT2D eigenvalue weighted by Gasteiger charge is -2.35. The van der Waals surface area contributed by atoms with Gasteiger partial charge in [-0.15, -0.1) is 0 Å². The fourth-order valence-corrected chi connectivity index (χ4v) is 4.75. The van der Waals surface area contributed by atoms with Crippen molar-refractivity contribution in [3.63, 3.8) is 0 Å². The molecule has 0 amide bonds. The maximum Gasteiger partial charge on any atom is 0.312 e. The Morgan fingerprint density at radius 1 is 1.35 bits per heavy atom. The summed E-state index contributed by atoms with van der Waals surface area (Å²) in [6.45, 7) is 5.42. The number of ether oxygens (including phenoxy) is 4. The number of aliphatic hydroxyl groups is 1. The highest BCUT2D eigenvalue weighted by molar-refractivity contribution is 7.89. The molecule has 0 spiro atoms. The van der Waals surface area contributed by atoms with E-state index < -0.39 is 33.0 Å². The minimum Gasteiger partial charge on any atom is -0.487 e. The second kappa shape index (κ2) is 9.76. The van der Waals surface area contributed by atoms with E-state index in [4.69, 9.17) is 18.9 Å². The van der Waals surface area contributed by atoms with Crippen molar-refractivity contribution in [2.45, 2.75) is 49.5 Å². The van der Waals surface area contributed by atoms with Crippen LogP contribution in [0.15, 0.2) is 23.1 Å². The highest BCUT2D eigenvalue weighted by atomic mass is 32.2. The van der Waals surface area contributed by atoms with E-state index in [1.807, 2.05) is 13.8 Å². The Labute approximate surface area is 180 Å². The van der Waals surface area contributed by atoms with Gasteiger partial charge >= 0.3 is 5.69 Å². The summed E-state index contributed by atoms with van der Waals surface area (Å²) in [6, 6.07) is 3.36. The number of benzene rings is 1. The summed E-state index contributed by atoms with van der Waals surface area (Å²) < 4.78 is 49.0. The number of nitrogens with one attached hydrogen (secondary N) is 1. The topological polar surface area (TPSA) is 146 Å². The second-order valence-corrected chi connectivity index (χ2v) is 9.93. The van der Waals surface area contributed by atoms with Crippen molar-refractivity contribution in [3.8, 4) is 5.75 Å². The van der Waals surface area contributed by atoms with Crippen LogP contribution in [0.25, 0.3) is 0 Å². The largest absolute Gasteiger partial charge is 0.487 e. The quantitative estimate of drug-likeness (QED) is 0.332. The fraction of sp³-hybridized carbons (Fsp3) is 0.684. The number of rotatable bonds is 8. The molecular weight excluding hydrogens is 432 g/mol. The van der Waals surface area contributed by atoms with Crippen molar-refractivity contribution in [2.24, 2.45) is 5.92 Å². The van der Waals surface area contributed by atoms with Crippen LogP contribution >= 0.6 is 0 Å². The highest BCUT2D eigenvalue weighted by Gasteiger charge is 2.31. The molecule has 3 atom stereocenters. The molecule has 1 aromatic carbocycles. The summed E-state index contributed by atoms with van der Waals surface area (Å²) in [4.78, 5) is 10.5. The van der Waals surface area contributed by atoms with E-state index in [0.29, 0.717) is 13.2 Å². The molecule has 12 heteroatoms. The molecule has 2 fully saturated rings. The maximum atomic E-state index is 12.6. The number of nitrogens with zero attached hydrogens (tertiary/aromatic N) is 1. The molecular formula is C19H28N2O9S. The molecule has 11 nitrogen and oxygen atoms in total. The van der Waals surface area contributed by atoms with Gasteiger partial charge in [0.05, 0.1) is 41.8 Å². The summed E-state index contributed by atoms with van der Waals surface area (Å²) >= 11 is 0. The number of nitro benzene ring substituents is 1. The first-order chi connectivity index (χ1) is 14.6. The Balaban J connectivity index is 1.71. The van der Waals surface area contributed by atoms with Gasteiger partial charge in [0.2, 0.25) is 10.0 Å². The summed E-state index contributed by atoms with van der Waals surface area (Å²) in [5.74, 6) is 0.152. The van der Waals surface area contributed by atoms with Crippen LogP contribution in [0.3, 0.4) is 0 Å². The Hall–Kier alpha value is -1.83. The van der Waals surface area contributed by atoms with Crippen LogP contribution in [0.2, 0.25) is 0 Å². The molecule has 2 saturated heterocycles. The van der Waals surface area contributed by atoms with E-state index in [9.17, 15) is 23.6 Å². The first-order valence-corrected chi connectivity index (χ1v) is 11.5. The Bertz CT molecular complexity index is 884. The summed E-state index contributed by atoms with van der Waals surface area (Å²) in [5.41, 5.74) is -0.753. The lowest BCUT2D eigenvalue weighted by Crippen LogP contribution is -2.48. The van der Waals surface area contributed by atoms with Crippen molar-refractivity contribution in [1.29, 1.82) is 0 Å². The van der Waals surface area contributed by atoms with E-state index >= 15 is 0 Å². The van der Waals surface area contributed by atoms with Crippen LogP contribution in [0.5, 0.6) is 5.75 Å². The summed E-state index contributed by atoms with van der Waals surface area (Å²) in [6.07, 6.45) is -0.900. The van der Waals surface area contributed by atoms with Crippen molar-refractivity contribution >= 4 is 15.7 Å². The lowest BCUT2D eigenvalue weighted by atomic mass is 9.89. The van der Waals surface area contributed by atoms with Crippen LogP contribution in [0.4, 0.5) is 5.69 Å². The third kappa shape index (κ3) is 6.34. The molecule has 0 bridgehead atoms. The van der Waals surface area contributed by atoms with E-state index in [1.165, 1.54) is 12.1 Å². The molecule has 0 radical (unpaired) electrons. The molecule has 0 saturated carbocycles. The molecule has 3 rings (SSSR count). The van der Waals surface area contributed by atoms with Crippen LogP contribution in [-0.4, -0.2) is 69.4 Å². The molecule has 174 valence electrons. The number of nitro groups is 1. The molecule has 2 aliphatic heterocycles. The average Bonchev–Trinajstić information content (AvgIpc) is 2.71. The van der Waals surface area contributed by atoms with E-state index in [1.54, 1.807) is 0 Å². The standard InChI is InChI=1S/C19H28N2O9S/c1-19(2)10-13(5-6-30-19)11-29-16-4-3-14(9-15(16)21(23)24)31(25,26)20-18(22)17-12-27-7-8-28-17/h3-4,9,13,17-18,20,22H,5-8,10-12H2,1-2H3.